The minimum absolute atomic E-state index is 0.0366. The van der Waals surface area contributed by atoms with Gasteiger partial charge in [0.1, 0.15) is 0 Å². The van der Waals surface area contributed by atoms with Gasteiger partial charge in [0.2, 0.25) is 0 Å². The Labute approximate surface area is 148 Å². The van der Waals surface area contributed by atoms with Crippen LogP contribution in [-0.2, 0) is 30.3 Å². The minimum atomic E-state index is -4.47. The Bertz CT molecular complexity index is 774. The van der Waals surface area contributed by atoms with E-state index in [0.29, 0.717) is 6.42 Å². The van der Waals surface area contributed by atoms with Crippen LogP contribution < -0.4 is 5.32 Å². The molecular formula is C16H18F3NO5S. The molecular weight excluding hydrogens is 375 g/mol. The zero-order valence-corrected chi connectivity index (χ0v) is 14.7. The first-order valence-corrected chi connectivity index (χ1v) is 9.66. The number of amides is 1. The summed E-state index contributed by atoms with van der Waals surface area (Å²) in [5.41, 5.74) is -0.714. The fourth-order valence-corrected chi connectivity index (χ4v) is 4.42. The summed E-state index contributed by atoms with van der Waals surface area (Å²) in [6.07, 6.45) is -5.36. The standard InChI is InChI=1S/C16H18F3NO5S/c1-10(25-14(21)8-11-6-7-26(23,24)9-11)15(22)20-13-4-2-12(3-5-13)16(17,18)19/h2-5,10-11H,6-9H2,1H3,(H,20,22)/t10-,11+/m1/s1. The highest BCUT2D eigenvalue weighted by atomic mass is 32.2. The lowest BCUT2D eigenvalue weighted by atomic mass is 10.1. The van der Waals surface area contributed by atoms with Gasteiger partial charge in [0.05, 0.1) is 17.1 Å². The number of hydrogen-bond donors (Lipinski definition) is 1. The monoisotopic (exact) mass is 393 g/mol. The number of esters is 1. The molecule has 0 bridgehead atoms. The third-order valence-corrected chi connectivity index (χ3v) is 5.78. The first-order valence-electron chi connectivity index (χ1n) is 7.84. The van der Waals surface area contributed by atoms with Gasteiger partial charge in [-0.1, -0.05) is 0 Å². The van der Waals surface area contributed by atoms with Gasteiger partial charge < -0.3 is 10.1 Å². The molecule has 26 heavy (non-hydrogen) atoms. The Balaban J connectivity index is 1.84. The number of ether oxygens (including phenoxy) is 1. The van der Waals surface area contributed by atoms with Crippen molar-refractivity contribution in [3.63, 3.8) is 0 Å². The average Bonchev–Trinajstić information content (AvgIpc) is 2.85. The molecule has 10 heteroatoms. The van der Waals surface area contributed by atoms with Crippen LogP contribution in [0.1, 0.15) is 25.3 Å². The number of anilines is 1. The SMILES string of the molecule is C[C@@H](OC(=O)C[C@@H]1CCS(=O)(=O)C1)C(=O)Nc1ccc(C(F)(F)F)cc1. The van der Waals surface area contributed by atoms with Crippen LogP contribution in [0.5, 0.6) is 0 Å². The molecule has 0 spiro atoms. The average molecular weight is 393 g/mol. The molecule has 2 rings (SSSR count). The first kappa shape index (κ1) is 20.2. The molecule has 0 saturated carbocycles. The Hall–Kier alpha value is -2.10. The Kier molecular flexibility index (Phi) is 5.94. The van der Waals surface area contributed by atoms with Gasteiger partial charge in [0.15, 0.2) is 15.9 Å². The van der Waals surface area contributed by atoms with Crippen LogP contribution in [0.4, 0.5) is 18.9 Å². The smallest absolute Gasteiger partial charge is 0.416 e. The fourth-order valence-electron chi connectivity index (χ4n) is 2.55. The number of halogens is 3. The highest BCUT2D eigenvalue weighted by Gasteiger charge is 2.31. The maximum Gasteiger partial charge on any atom is 0.416 e. The summed E-state index contributed by atoms with van der Waals surface area (Å²) in [5.74, 6) is -1.75. The van der Waals surface area contributed by atoms with Crippen molar-refractivity contribution in [2.45, 2.75) is 32.0 Å². The van der Waals surface area contributed by atoms with E-state index in [1.54, 1.807) is 0 Å². The van der Waals surface area contributed by atoms with Gasteiger partial charge in [-0.3, -0.25) is 9.59 Å². The lowest BCUT2D eigenvalue weighted by Gasteiger charge is -2.15. The Morgan fingerprint density at radius 3 is 2.38 bits per heavy atom. The van der Waals surface area contributed by atoms with Crippen LogP contribution in [0.3, 0.4) is 0 Å². The normalized spacial score (nSPS) is 20.4. The van der Waals surface area contributed by atoms with Crippen molar-refractivity contribution in [1.82, 2.24) is 0 Å². The lowest BCUT2D eigenvalue weighted by Crippen LogP contribution is -2.30. The predicted molar refractivity (Wildman–Crippen MR) is 87.0 cm³/mol. The van der Waals surface area contributed by atoms with Gasteiger partial charge in [-0.05, 0) is 43.5 Å². The number of hydrogen-bond acceptors (Lipinski definition) is 5. The number of nitrogens with one attached hydrogen (secondary N) is 1. The van der Waals surface area contributed by atoms with Gasteiger partial charge in [-0.15, -0.1) is 0 Å². The molecule has 1 heterocycles. The predicted octanol–water partition coefficient (Wildman–Crippen LogP) is 2.40. The van der Waals surface area contributed by atoms with Crippen LogP contribution in [0.2, 0.25) is 0 Å². The molecule has 144 valence electrons. The highest BCUT2D eigenvalue weighted by molar-refractivity contribution is 7.91. The van der Waals surface area contributed by atoms with Crippen molar-refractivity contribution >= 4 is 27.4 Å². The summed E-state index contributed by atoms with van der Waals surface area (Å²) in [6.45, 7) is 1.32. The van der Waals surface area contributed by atoms with Crippen LogP contribution in [-0.4, -0.2) is 37.9 Å². The van der Waals surface area contributed by atoms with Crippen molar-refractivity contribution in [2.75, 3.05) is 16.8 Å². The third-order valence-electron chi connectivity index (χ3n) is 3.94. The first-order chi connectivity index (χ1) is 12.0. The largest absolute Gasteiger partial charge is 0.453 e. The number of sulfone groups is 1. The van der Waals surface area contributed by atoms with E-state index in [9.17, 15) is 31.2 Å². The zero-order valence-electron chi connectivity index (χ0n) is 13.9. The van der Waals surface area contributed by atoms with Gasteiger partial charge in [-0.2, -0.15) is 13.2 Å². The summed E-state index contributed by atoms with van der Waals surface area (Å²) >= 11 is 0. The molecule has 1 aliphatic heterocycles. The van der Waals surface area contributed by atoms with Crippen molar-refractivity contribution < 1.29 is 35.9 Å². The summed E-state index contributed by atoms with van der Waals surface area (Å²) in [6, 6.07) is 3.84. The van der Waals surface area contributed by atoms with Crippen LogP contribution in [0, 0.1) is 5.92 Å². The quantitative estimate of drug-likeness (QED) is 0.776. The van der Waals surface area contributed by atoms with Gasteiger partial charge in [-0.25, -0.2) is 8.42 Å². The molecule has 1 aromatic carbocycles. The number of carbonyl (C=O) groups excluding carboxylic acids is 2. The van der Waals surface area contributed by atoms with Crippen LogP contribution >= 0.6 is 0 Å². The van der Waals surface area contributed by atoms with Crippen molar-refractivity contribution in [2.24, 2.45) is 5.92 Å². The maximum atomic E-state index is 12.5. The van der Waals surface area contributed by atoms with Crippen molar-refractivity contribution in [3.8, 4) is 0 Å². The van der Waals surface area contributed by atoms with E-state index in [4.69, 9.17) is 4.74 Å². The number of benzene rings is 1. The second-order valence-corrected chi connectivity index (χ2v) is 8.40. The maximum absolute atomic E-state index is 12.5. The molecule has 2 atom stereocenters. The second-order valence-electron chi connectivity index (χ2n) is 6.17. The molecule has 1 amide bonds. The van der Waals surface area contributed by atoms with Crippen molar-refractivity contribution in [3.05, 3.63) is 29.8 Å². The molecule has 1 saturated heterocycles. The summed E-state index contributed by atoms with van der Waals surface area (Å²) < 4.78 is 65.1. The molecule has 0 aliphatic carbocycles. The van der Waals surface area contributed by atoms with E-state index in [1.165, 1.54) is 6.92 Å². The molecule has 1 aromatic rings. The molecule has 6 nitrogen and oxygen atoms in total. The van der Waals surface area contributed by atoms with E-state index in [1.807, 2.05) is 0 Å². The molecule has 0 aromatic heterocycles. The fraction of sp³-hybridized carbons (Fsp3) is 0.500. The van der Waals surface area contributed by atoms with E-state index < -0.39 is 39.6 Å². The molecule has 0 radical (unpaired) electrons. The third kappa shape index (κ3) is 5.72. The number of carbonyl (C=O) groups is 2. The topological polar surface area (TPSA) is 89.5 Å². The highest BCUT2D eigenvalue weighted by Crippen LogP contribution is 2.29. The van der Waals surface area contributed by atoms with Crippen molar-refractivity contribution in [1.29, 1.82) is 0 Å². The van der Waals surface area contributed by atoms with E-state index in [2.05, 4.69) is 5.32 Å². The van der Waals surface area contributed by atoms with E-state index in [-0.39, 0.29) is 29.5 Å². The van der Waals surface area contributed by atoms with E-state index >= 15 is 0 Å². The van der Waals surface area contributed by atoms with Crippen LogP contribution in [0.15, 0.2) is 24.3 Å². The Morgan fingerprint density at radius 1 is 1.27 bits per heavy atom. The summed E-state index contributed by atoms with van der Waals surface area (Å²) in [7, 11) is -3.11. The zero-order chi connectivity index (χ0) is 19.5. The second kappa shape index (κ2) is 7.65. The van der Waals surface area contributed by atoms with E-state index in [0.717, 1.165) is 24.3 Å². The molecule has 1 aliphatic rings. The Morgan fingerprint density at radius 2 is 1.88 bits per heavy atom. The van der Waals surface area contributed by atoms with Crippen LogP contribution in [0.25, 0.3) is 0 Å². The number of rotatable bonds is 5. The van der Waals surface area contributed by atoms with Gasteiger partial charge in [0.25, 0.3) is 5.91 Å². The summed E-state index contributed by atoms with van der Waals surface area (Å²) in [5, 5.41) is 2.35. The molecule has 1 fully saturated rings. The molecule has 1 N–H and O–H groups in total. The molecule has 0 unspecified atom stereocenters. The van der Waals surface area contributed by atoms with Gasteiger partial charge >= 0.3 is 12.1 Å². The number of alkyl halides is 3. The lowest BCUT2D eigenvalue weighted by molar-refractivity contribution is -0.153. The summed E-state index contributed by atoms with van der Waals surface area (Å²) in [4.78, 5) is 23.8. The van der Waals surface area contributed by atoms with Gasteiger partial charge in [0, 0.05) is 12.1 Å². The minimum Gasteiger partial charge on any atom is -0.453 e.